The van der Waals surface area contributed by atoms with Crippen LogP contribution in [0, 0.1) is 0 Å². The fourth-order valence-electron chi connectivity index (χ4n) is 3.29. The normalized spacial score (nSPS) is 11.7. The van der Waals surface area contributed by atoms with Gasteiger partial charge in [0, 0.05) is 19.3 Å². The lowest BCUT2D eigenvalue weighted by Gasteiger charge is -2.13. The summed E-state index contributed by atoms with van der Waals surface area (Å²) in [4.78, 5) is 39.5. The standard InChI is InChI=1S/C22H26N4O6S/c1-24(2)11-12-33(30,31)23-17-8-5-15(6-9-17)14-26-20(27)18-13-16(21(28)32-4)7-10-19(18)25(3)22(26)29/h5-10,13,23H,11-12,14H2,1-4H3. The number of nitrogens with zero attached hydrogens (tertiary/aromatic N) is 3. The van der Waals surface area contributed by atoms with Gasteiger partial charge in [-0.2, -0.15) is 0 Å². The second-order valence-corrected chi connectivity index (χ2v) is 9.72. The second-order valence-electron chi connectivity index (χ2n) is 7.88. The maximum atomic E-state index is 13.1. The highest BCUT2D eigenvalue weighted by atomic mass is 32.2. The minimum atomic E-state index is -3.50. The lowest BCUT2D eigenvalue weighted by atomic mass is 10.1. The highest BCUT2D eigenvalue weighted by Gasteiger charge is 2.15. The molecule has 0 unspecified atom stereocenters. The third-order valence-electron chi connectivity index (χ3n) is 5.15. The number of hydrogen-bond donors (Lipinski definition) is 1. The minimum Gasteiger partial charge on any atom is -0.465 e. The number of esters is 1. The summed E-state index contributed by atoms with van der Waals surface area (Å²) in [5.41, 5.74) is 0.585. The van der Waals surface area contributed by atoms with Gasteiger partial charge in [0.05, 0.1) is 35.9 Å². The summed E-state index contributed by atoms with van der Waals surface area (Å²) in [6, 6.07) is 10.9. The summed E-state index contributed by atoms with van der Waals surface area (Å²) in [5, 5.41) is 0.213. The lowest BCUT2D eigenvalue weighted by Crippen LogP contribution is -2.39. The Labute approximate surface area is 191 Å². The Morgan fingerprint density at radius 1 is 1.09 bits per heavy atom. The van der Waals surface area contributed by atoms with Gasteiger partial charge in [0.15, 0.2) is 0 Å². The van der Waals surface area contributed by atoms with Gasteiger partial charge < -0.3 is 9.64 Å². The molecule has 0 bridgehead atoms. The molecule has 176 valence electrons. The lowest BCUT2D eigenvalue weighted by molar-refractivity contribution is 0.0601. The first kappa shape index (κ1) is 24.2. The second kappa shape index (κ2) is 9.59. The van der Waals surface area contributed by atoms with Gasteiger partial charge in [-0.3, -0.25) is 18.7 Å². The Kier molecular flexibility index (Phi) is 7.04. The molecule has 0 saturated heterocycles. The topological polar surface area (TPSA) is 120 Å². The summed E-state index contributed by atoms with van der Waals surface area (Å²) in [6.07, 6.45) is 0. The van der Waals surface area contributed by atoms with Crippen LogP contribution < -0.4 is 16.0 Å². The van der Waals surface area contributed by atoms with Crippen LogP contribution in [0.2, 0.25) is 0 Å². The number of hydrogen-bond acceptors (Lipinski definition) is 7. The van der Waals surface area contributed by atoms with E-state index < -0.39 is 27.2 Å². The van der Waals surface area contributed by atoms with Crippen LogP contribution in [0.15, 0.2) is 52.1 Å². The van der Waals surface area contributed by atoms with Gasteiger partial charge in [-0.15, -0.1) is 0 Å². The van der Waals surface area contributed by atoms with Crippen molar-refractivity contribution < 1.29 is 17.9 Å². The van der Waals surface area contributed by atoms with Gasteiger partial charge in [0.1, 0.15) is 0 Å². The van der Waals surface area contributed by atoms with E-state index in [1.54, 1.807) is 50.3 Å². The van der Waals surface area contributed by atoms with Gasteiger partial charge in [-0.25, -0.2) is 18.0 Å². The predicted octanol–water partition coefficient (Wildman–Crippen LogP) is 0.838. The molecule has 0 saturated carbocycles. The third kappa shape index (κ3) is 5.49. The summed E-state index contributed by atoms with van der Waals surface area (Å²) in [6.45, 7) is 0.372. The zero-order valence-corrected chi connectivity index (χ0v) is 19.7. The molecule has 3 aromatic rings. The number of nitrogens with one attached hydrogen (secondary N) is 1. The van der Waals surface area contributed by atoms with E-state index in [1.165, 1.54) is 29.9 Å². The molecule has 0 aliphatic carbocycles. The molecular formula is C22H26N4O6S. The first-order valence-electron chi connectivity index (χ1n) is 10.1. The largest absolute Gasteiger partial charge is 0.465 e. The molecule has 0 spiro atoms. The van der Waals surface area contributed by atoms with Crippen LogP contribution in [0.1, 0.15) is 15.9 Å². The van der Waals surface area contributed by atoms with Crippen molar-refractivity contribution >= 4 is 32.6 Å². The van der Waals surface area contributed by atoms with Crippen molar-refractivity contribution in [3.8, 4) is 0 Å². The zero-order valence-electron chi connectivity index (χ0n) is 18.9. The van der Waals surface area contributed by atoms with E-state index in [-0.39, 0.29) is 23.2 Å². The van der Waals surface area contributed by atoms with Crippen LogP contribution in [0.3, 0.4) is 0 Å². The third-order valence-corrected chi connectivity index (χ3v) is 6.41. The smallest absolute Gasteiger partial charge is 0.337 e. The molecule has 1 aromatic heterocycles. The summed E-state index contributed by atoms with van der Waals surface area (Å²) >= 11 is 0. The van der Waals surface area contributed by atoms with Crippen molar-refractivity contribution in [3.63, 3.8) is 0 Å². The summed E-state index contributed by atoms with van der Waals surface area (Å²) in [7, 11) is 2.88. The average molecular weight is 475 g/mol. The number of anilines is 1. The van der Waals surface area contributed by atoms with Gasteiger partial charge in [0.25, 0.3) is 5.56 Å². The van der Waals surface area contributed by atoms with Crippen molar-refractivity contribution in [1.29, 1.82) is 0 Å². The number of ether oxygens (including phenoxy) is 1. The molecule has 10 nitrogen and oxygen atoms in total. The minimum absolute atomic E-state index is 0.0163. The van der Waals surface area contributed by atoms with E-state index >= 15 is 0 Å². The molecule has 1 N–H and O–H groups in total. The Bertz CT molecular complexity index is 1410. The first-order valence-corrected chi connectivity index (χ1v) is 11.7. The maximum absolute atomic E-state index is 13.1. The number of benzene rings is 2. The van der Waals surface area contributed by atoms with E-state index in [9.17, 15) is 22.8 Å². The number of fused-ring (bicyclic) bond motifs is 1. The van der Waals surface area contributed by atoms with Gasteiger partial charge in [0.2, 0.25) is 10.0 Å². The SMILES string of the molecule is COC(=O)c1ccc2c(c1)c(=O)n(Cc1ccc(NS(=O)(=O)CCN(C)C)cc1)c(=O)n2C. The molecule has 33 heavy (non-hydrogen) atoms. The van der Waals surface area contributed by atoms with Crippen LogP contribution in [0.25, 0.3) is 10.9 Å². The molecule has 2 aromatic carbocycles. The molecule has 0 atom stereocenters. The Balaban J connectivity index is 1.91. The first-order chi connectivity index (χ1) is 15.5. The molecule has 3 rings (SSSR count). The van der Waals surface area contributed by atoms with E-state index in [0.29, 0.717) is 23.3 Å². The number of carbonyl (C=O) groups is 1. The van der Waals surface area contributed by atoms with Crippen molar-refractivity contribution in [1.82, 2.24) is 14.0 Å². The van der Waals surface area contributed by atoms with Crippen molar-refractivity contribution in [2.45, 2.75) is 6.54 Å². The number of carbonyl (C=O) groups excluding carboxylic acids is 1. The van der Waals surface area contributed by atoms with Crippen molar-refractivity contribution in [3.05, 3.63) is 74.4 Å². The fraction of sp³-hybridized carbons (Fsp3) is 0.318. The van der Waals surface area contributed by atoms with E-state index in [4.69, 9.17) is 4.74 Å². The molecule has 0 radical (unpaired) electrons. The molecular weight excluding hydrogens is 448 g/mol. The molecule has 0 aliphatic heterocycles. The van der Waals surface area contributed by atoms with Crippen LogP contribution in [-0.4, -0.2) is 61.9 Å². The Morgan fingerprint density at radius 3 is 2.36 bits per heavy atom. The number of methoxy groups -OCH3 is 1. The Hall–Kier alpha value is -3.44. The van der Waals surface area contributed by atoms with E-state index in [1.807, 2.05) is 0 Å². The van der Waals surface area contributed by atoms with Gasteiger partial charge >= 0.3 is 11.7 Å². The predicted molar refractivity (Wildman–Crippen MR) is 126 cm³/mol. The molecule has 11 heteroatoms. The van der Waals surface area contributed by atoms with Crippen molar-refractivity contribution in [2.75, 3.05) is 38.2 Å². The van der Waals surface area contributed by atoms with Crippen molar-refractivity contribution in [2.24, 2.45) is 7.05 Å². The van der Waals surface area contributed by atoms with Crippen LogP contribution in [0.5, 0.6) is 0 Å². The number of aryl methyl sites for hydroxylation is 1. The highest BCUT2D eigenvalue weighted by Crippen LogP contribution is 2.14. The molecule has 0 amide bonds. The van der Waals surface area contributed by atoms with Crippen LogP contribution >= 0.6 is 0 Å². The maximum Gasteiger partial charge on any atom is 0.337 e. The monoisotopic (exact) mass is 474 g/mol. The van der Waals surface area contributed by atoms with E-state index in [0.717, 1.165) is 4.57 Å². The number of aromatic nitrogens is 2. The van der Waals surface area contributed by atoms with Crippen LogP contribution in [0.4, 0.5) is 5.69 Å². The highest BCUT2D eigenvalue weighted by molar-refractivity contribution is 7.92. The number of rotatable bonds is 8. The molecule has 1 heterocycles. The Morgan fingerprint density at radius 2 is 1.76 bits per heavy atom. The van der Waals surface area contributed by atoms with Gasteiger partial charge in [-0.05, 0) is 50.0 Å². The van der Waals surface area contributed by atoms with Gasteiger partial charge in [-0.1, -0.05) is 12.1 Å². The quantitative estimate of drug-likeness (QED) is 0.481. The molecule has 0 aliphatic rings. The van der Waals surface area contributed by atoms with Crippen LogP contribution in [-0.2, 0) is 28.4 Å². The van der Waals surface area contributed by atoms with E-state index in [2.05, 4.69) is 4.72 Å². The number of sulfonamides is 1. The molecule has 0 fully saturated rings. The zero-order chi connectivity index (χ0) is 24.3. The summed E-state index contributed by atoms with van der Waals surface area (Å²) < 4.78 is 34.0. The average Bonchev–Trinajstić information content (AvgIpc) is 2.79. The summed E-state index contributed by atoms with van der Waals surface area (Å²) in [5.74, 6) is -0.627. The fourth-order valence-corrected chi connectivity index (χ4v) is 4.50.